The van der Waals surface area contributed by atoms with Crippen LogP contribution in [0.3, 0.4) is 0 Å². The van der Waals surface area contributed by atoms with Gasteiger partial charge in [0.25, 0.3) is 0 Å². The summed E-state index contributed by atoms with van der Waals surface area (Å²) in [7, 11) is 0. The zero-order chi connectivity index (χ0) is 43.6. The van der Waals surface area contributed by atoms with E-state index in [1.807, 2.05) is 0 Å². The number of aliphatic imine (C=N–C) groups is 4. The summed E-state index contributed by atoms with van der Waals surface area (Å²) in [5, 5.41) is 101. The Kier molecular flexibility index (Phi) is 21.1. The number of nitrogens with zero attached hydrogens (tertiary/aromatic N) is 4. The molecule has 8 aromatic carbocycles. The molecule has 0 saturated carbocycles. The van der Waals surface area contributed by atoms with Crippen LogP contribution in [-0.4, -0.2) is 51.0 Å². The molecule has 0 N–H and O–H groups in total. The molecule has 8 rings (SSSR count). The molecule has 0 unspecified atom stereocenters. The van der Waals surface area contributed by atoms with E-state index in [2.05, 4.69) is 20.0 Å². The zero-order valence-electron chi connectivity index (χ0n) is 34.4. The van der Waals surface area contributed by atoms with Gasteiger partial charge in [0, 0.05) is 51.0 Å². The largest absolute Gasteiger partial charge is 2.00 e. The minimum atomic E-state index is -0.318. The molecule has 0 heterocycles. The second-order valence-electron chi connectivity index (χ2n) is 14.2. The smallest absolute Gasteiger partial charge is 0.872 e. The Morgan fingerprint density at radius 3 is 0.712 bits per heavy atom. The van der Waals surface area contributed by atoms with E-state index in [0.29, 0.717) is 82.8 Å². The molecule has 0 saturated heterocycles. The average Bonchev–Trinajstić information content (AvgIpc) is 3.26. The van der Waals surface area contributed by atoms with Gasteiger partial charge in [0.05, 0.1) is 0 Å². The van der Waals surface area contributed by atoms with Crippen molar-refractivity contribution in [2.75, 3.05) is 26.2 Å². The van der Waals surface area contributed by atoms with E-state index in [4.69, 9.17) is 0 Å². The van der Waals surface area contributed by atoms with E-state index in [1.165, 1.54) is 49.1 Å². The maximum atomic E-state index is 12.5. The van der Waals surface area contributed by atoms with Crippen LogP contribution < -0.4 is 40.9 Å². The normalized spacial score (nSPS) is 11.2. The molecule has 8 aromatic rings. The fourth-order valence-electron chi connectivity index (χ4n) is 6.88. The van der Waals surface area contributed by atoms with Gasteiger partial charge in [0.2, 0.25) is 0 Å². The molecular formula is C50H36Cu4N4O8. The topological polar surface area (TPSA) is 234 Å². The monoisotopic (exact) mass is 1070 g/mol. The first-order valence-corrected chi connectivity index (χ1v) is 19.7. The third-order valence-electron chi connectivity index (χ3n) is 10.0. The van der Waals surface area contributed by atoms with Gasteiger partial charge in [-0.2, -0.15) is 0 Å². The van der Waals surface area contributed by atoms with Gasteiger partial charge in [-0.3, -0.25) is 20.0 Å². The van der Waals surface area contributed by atoms with Gasteiger partial charge in [-0.1, -0.05) is 144 Å². The Morgan fingerprint density at radius 1 is 0.288 bits per heavy atom. The number of hydrogen-bond donors (Lipinski definition) is 0. The summed E-state index contributed by atoms with van der Waals surface area (Å²) < 4.78 is 0. The van der Waals surface area contributed by atoms with Crippen molar-refractivity contribution in [1.82, 2.24) is 0 Å². The van der Waals surface area contributed by atoms with Gasteiger partial charge in [0.15, 0.2) is 0 Å². The Labute approximate surface area is 422 Å². The van der Waals surface area contributed by atoms with Crippen LogP contribution >= 0.6 is 0 Å². The predicted octanol–water partition coefficient (Wildman–Crippen LogP) is 4.42. The molecule has 12 nitrogen and oxygen atoms in total. The van der Waals surface area contributed by atoms with Crippen LogP contribution in [0.15, 0.2) is 141 Å². The van der Waals surface area contributed by atoms with Gasteiger partial charge >= 0.3 is 68.3 Å². The minimum Gasteiger partial charge on any atom is -0.872 e. The first-order chi connectivity index (χ1) is 30.1. The standard InChI is InChI=1S/2C25H22N2O4.4Cu/c2*28-20-6-1-4-16-8-10-18(24(30)22(16)20)14-26-12-3-13-27-15-19-11-9-17-5-2-7-21(29)23(17)25(19)31;;;;/h2*1-2,4-11,14-15,28-31H,3,12-13H2;;;;/q;;4*+2/p-8. The van der Waals surface area contributed by atoms with Crippen molar-refractivity contribution in [3.8, 4) is 46.0 Å². The maximum Gasteiger partial charge on any atom is 2.00 e. The summed E-state index contributed by atoms with van der Waals surface area (Å²) in [5.41, 5.74) is 1.50. The quantitative estimate of drug-likeness (QED) is 0.0963. The molecule has 0 aliphatic carbocycles. The molecule has 0 fully saturated rings. The van der Waals surface area contributed by atoms with Crippen molar-refractivity contribution in [3.63, 3.8) is 0 Å². The van der Waals surface area contributed by atoms with Crippen LogP contribution in [0.25, 0.3) is 43.1 Å². The molecule has 16 heteroatoms. The maximum absolute atomic E-state index is 12.5. The molecule has 0 aliphatic heterocycles. The Bertz CT molecular complexity index is 2650. The fourth-order valence-corrected chi connectivity index (χ4v) is 6.88. The number of benzene rings is 8. The number of hydrogen-bond acceptors (Lipinski definition) is 12. The number of rotatable bonds is 12. The van der Waals surface area contributed by atoms with Crippen molar-refractivity contribution < 1.29 is 109 Å². The molecule has 0 aromatic heterocycles. The summed E-state index contributed by atoms with van der Waals surface area (Å²) in [5.74, 6) is -2.43. The van der Waals surface area contributed by atoms with Gasteiger partial charge in [-0.05, 0) is 78.2 Å². The van der Waals surface area contributed by atoms with Gasteiger partial charge in [-0.15, -0.1) is 23.0 Å². The molecule has 0 aliphatic rings. The summed E-state index contributed by atoms with van der Waals surface area (Å²) in [6.45, 7) is 1.78. The van der Waals surface area contributed by atoms with Gasteiger partial charge in [-0.25, -0.2) is 0 Å². The second-order valence-corrected chi connectivity index (χ2v) is 14.2. The van der Waals surface area contributed by atoms with Crippen LogP contribution in [0.4, 0.5) is 0 Å². The zero-order valence-corrected chi connectivity index (χ0v) is 38.1. The van der Waals surface area contributed by atoms with Crippen molar-refractivity contribution >= 4 is 67.9 Å². The predicted molar refractivity (Wildman–Crippen MR) is 230 cm³/mol. The van der Waals surface area contributed by atoms with E-state index >= 15 is 0 Å². The second kappa shape index (κ2) is 25.6. The summed E-state index contributed by atoms with van der Waals surface area (Å²) in [6.07, 6.45) is 7.16. The molecule has 0 spiro atoms. The van der Waals surface area contributed by atoms with Crippen molar-refractivity contribution in [1.29, 1.82) is 0 Å². The molecule has 348 valence electrons. The van der Waals surface area contributed by atoms with Crippen LogP contribution in [0.2, 0.25) is 0 Å². The molecular weight excluding hydrogens is 1040 g/mol. The molecule has 0 amide bonds. The van der Waals surface area contributed by atoms with Crippen molar-refractivity contribution in [2.45, 2.75) is 12.8 Å². The Balaban J connectivity index is 0.000000330. The van der Waals surface area contributed by atoms with E-state index in [1.54, 1.807) is 97.1 Å². The van der Waals surface area contributed by atoms with Crippen molar-refractivity contribution in [2.24, 2.45) is 20.0 Å². The summed E-state index contributed by atoms with van der Waals surface area (Å²) >= 11 is 0. The first-order valence-electron chi connectivity index (χ1n) is 19.7. The third-order valence-corrected chi connectivity index (χ3v) is 10.0. The fraction of sp³-hybridized carbons (Fsp3) is 0.120. The van der Waals surface area contributed by atoms with Gasteiger partial charge in [0.1, 0.15) is 0 Å². The summed E-state index contributed by atoms with van der Waals surface area (Å²) in [4.78, 5) is 17.0. The molecule has 66 heavy (non-hydrogen) atoms. The van der Waals surface area contributed by atoms with Crippen LogP contribution in [0.5, 0.6) is 46.0 Å². The molecule has 0 atom stereocenters. The first kappa shape index (κ1) is 54.3. The van der Waals surface area contributed by atoms with Gasteiger partial charge < -0.3 is 40.9 Å². The third kappa shape index (κ3) is 12.6. The van der Waals surface area contributed by atoms with E-state index < -0.39 is 0 Å². The van der Waals surface area contributed by atoms with E-state index in [0.717, 1.165) is 0 Å². The Hall–Kier alpha value is -6.04. The number of fused-ring (bicyclic) bond motifs is 4. The van der Waals surface area contributed by atoms with E-state index in [-0.39, 0.29) is 136 Å². The van der Waals surface area contributed by atoms with Crippen molar-refractivity contribution in [3.05, 3.63) is 144 Å². The van der Waals surface area contributed by atoms with Crippen LogP contribution in [0.1, 0.15) is 35.1 Å². The van der Waals surface area contributed by atoms with Crippen LogP contribution in [0, 0.1) is 0 Å². The SMILES string of the molecule is [Cu+2].[Cu+2].[Cu+2].[Cu+2].[O-]c1cccc2ccc(C=NCCCN=Cc3ccc4cccc([O-])c4c3[O-])c([O-])c12.[O-]c1cccc2ccc(C=NCCCN=Cc3ccc4cccc([O-])c4c3[O-])c([O-])c12. The van der Waals surface area contributed by atoms with Crippen LogP contribution in [-0.2, 0) is 68.3 Å². The summed E-state index contributed by atoms with van der Waals surface area (Å²) in [6, 6.07) is 32.6. The average molecular weight is 1080 g/mol. The molecule has 4 radical (unpaired) electrons. The van der Waals surface area contributed by atoms with E-state index in [9.17, 15) is 40.9 Å². The minimum absolute atomic E-state index is 0. The Morgan fingerprint density at radius 2 is 0.500 bits per heavy atom. The molecule has 0 bridgehead atoms.